The van der Waals surface area contributed by atoms with Crippen molar-refractivity contribution in [3.05, 3.63) is 45.1 Å². The minimum absolute atomic E-state index is 0.277. The molecule has 0 saturated heterocycles. The van der Waals surface area contributed by atoms with Gasteiger partial charge in [-0.1, -0.05) is 30.1 Å². The smallest absolute Gasteiger partial charge is 0.229 e. The predicted molar refractivity (Wildman–Crippen MR) is 91.4 cm³/mol. The Morgan fingerprint density at radius 1 is 1.41 bits per heavy atom. The van der Waals surface area contributed by atoms with E-state index in [9.17, 15) is 4.79 Å². The van der Waals surface area contributed by atoms with E-state index in [4.69, 9.17) is 40.2 Å². The van der Waals surface area contributed by atoms with Crippen LogP contribution in [0.4, 0.5) is 0 Å². The molecule has 0 radical (unpaired) electrons. The molecule has 1 aromatic heterocycles. The van der Waals surface area contributed by atoms with Crippen molar-refractivity contribution >= 4 is 46.3 Å². The van der Waals surface area contributed by atoms with Crippen LogP contribution in [0, 0.1) is 6.92 Å². The molecular weight excluding hydrogens is 343 g/mol. The topological polar surface area (TPSA) is 44.1 Å². The zero-order chi connectivity index (χ0) is 16.4. The van der Waals surface area contributed by atoms with E-state index in [0.717, 1.165) is 0 Å². The number of nitrogens with zero attached hydrogens (tertiary/aromatic N) is 2. The average Bonchev–Trinajstić information content (AvgIpc) is 2.72. The molecule has 0 saturated carbocycles. The van der Waals surface area contributed by atoms with Crippen LogP contribution in [0.1, 0.15) is 35.0 Å². The molecule has 1 aromatic carbocycles. The second-order valence-electron chi connectivity index (χ2n) is 4.67. The number of carbonyl (C=O) groups is 1. The van der Waals surface area contributed by atoms with Crippen LogP contribution in [0.5, 0.6) is 5.88 Å². The van der Waals surface area contributed by atoms with Crippen LogP contribution >= 0.6 is 35.4 Å². The summed E-state index contributed by atoms with van der Waals surface area (Å²) in [5.41, 5.74) is 1.24. The van der Waals surface area contributed by atoms with Crippen LogP contribution in [-0.4, -0.2) is 20.6 Å². The lowest BCUT2D eigenvalue weighted by molar-refractivity contribution is 0.103. The maximum atomic E-state index is 12.8. The number of thiocarbonyl (C=S) groups is 1. The molecule has 116 valence electrons. The van der Waals surface area contributed by atoms with Crippen LogP contribution < -0.4 is 4.74 Å². The Balaban J connectivity index is 2.51. The van der Waals surface area contributed by atoms with Crippen molar-refractivity contribution in [2.24, 2.45) is 7.05 Å². The third kappa shape index (κ3) is 3.32. The summed E-state index contributed by atoms with van der Waals surface area (Å²) in [4.78, 5) is 12.8. The largest absolute Gasteiger partial charge is 0.431 e. The zero-order valence-corrected chi connectivity index (χ0v) is 14.6. The molecule has 0 spiro atoms. The monoisotopic (exact) mass is 356 g/mol. The minimum atomic E-state index is -0.277. The highest BCUT2D eigenvalue weighted by atomic mass is 35.5. The number of ether oxygens (including phenoxy) is 1. The van der Waals surface area contributed by atoms with Gasteiger partial charge in [0.2, 0.25) is 11.7 Å². The van der Waals surface area contributed by atoms with Gasteiger partial charge < -0.3 is 4.74 Å². The Morgan fingerprint density at radius 3 is 2.68 bits per heavy atom. The lowest BCUT2D eigenvalue weighted by atomic mass is 10.0. The average molecular weight is 357 g/mol. The number of benzene rings is 1. The van der Waals surface area contributed by atoms with Gasteiger partial charge in [-0.05, 0) is 37.3 Å². The Bertz CT molecular complexity index is 756. The van der Waals surface area contributed by atoms with Crippen LogP contribution in [0.3, 0.4) is 0 Å². The van der Waals surface area contributed by atoms with Gasteiger partial charge in [0.1, 0.15) is 5.56 Å². The van der Waals surface area contributed by atoms with E-state index in [0.29, 0.717) is 39.2 Å². The highest BCUT2D eigenvalue weighted by Crippen LogP contribution is 2.29. The standard InChI is InChI=1S/C15H14Cl2N2O2S/c1-4-12(22)21-15-13(8(2)18-19(15)3)14(20)10-6-5-9(16)7-11(10)17/h5-7H,4H2,1-3H3. The van der Waals surface area contributed by atoms with Gasteiger partial charge in [0, 0.05) is 24.1 Å². The number of hydrogen-bond donors (Lipinski definition) is 0. The molecule has 0 aliphatic carbocycles. The summed E-state index contributed by atoms with van der Waals surface area (Å²) < 4.78 is 7.09. The van der Waals surface area contributed by atoms with E-state index < -0.39 is 0 Å². The molecule has 0 aliphatic heterocycles. The van der Waals surface area contributed by atoms with Crippen LogP contribution in [0.25, 0.3) is 0 Å². The molecule has 7 heteroatoms. The maximum absolute atomic E-state index is 12.8. The van der Waals surface area contributed by atoms with Crippen molar-refractivity contribution in [2.75, 3.05) is 0 Å². The summed E-state index contributed by atoms with van der Waals surface area (Å²) in [6.45, 7) is 3.61. The number of ketones is 1. The van der Waals surface area contributed by atoms with Crippen molar-refractivity contribution in [1.82, 2.24) is 9.78 Å². The lowest BCUT2D eigenvalue weighted by Crippen LogP contribution is -2.11. The Labute approximate surface area is 144 Å². The van der Waals surface area contributed by atoms with Crippen molar-refractivity contribution in [1.29, 1.82) is 0 Å². The molecule has 4 nitrogen and oxygen atoms in total. The van der Waals surface area contributed by atoms with E-state index in [-0.39, 0.29) is 10.8 Å². The van der Waals surface area contributed by atoms with E-state index >= 15 is 0 Å². The highest BCUT2D eigenvalue weighted by molar-refractivity contribution is 7.80. The quantitative estimate of drug-likeness (QED) is 0.602. The molecule has 0 N–H and O–H groups in total. The molecule has 0 aliphatic rings. The molecule has 0 bridgehead atoms. The molecule has 0 atom stereocenters. The van der Waals surface area contributed by atoms with Gasteiger partial charge in [-0.15, -0.1) is 0 Å². The highest BCUT2D eigenvalue weighted by Gasteiger charge is 2.25. The summed E-state index contributed by atoms with van der Waals surface area (Å²) in [5.74, 6) is 0.0431. The van der Waals surface area contributed by atoms with E-state index in [1.165, 1.54) is 10.7 Å². The normalized spacial score (nSPS) is 10.6. The van der Waals surface area contributed by atoms with Gasteiger partial charge in [-0.3, -0.25) is 4.79 Å². The van der Waals surface area contributed by atoms with E-state index in [1.54, 1.807) is 26.1 Å². The fourth-order valence-electron chi connectivity index (χ4n) is 2.00. The summed E-state index contributed by atoms with van der Waals surface area (Å²) in [7, 11) is 1.70. The first-order valence-electron chi connectivity index (χ1n) is 6.59. The number of rotatable bonds is 4. The van der Waals surface area contributed by atoms with Gasteiger partial charge in [0.25, 0.3) is 0 Å². The molecular formula is C15H14Cl2N2O2S. The Kier molecular flexibility index (Phi) is 5.21. The van der Waals surface area contributed by atoms with Crippen LogP contribution in [0.15, 0.2) is 18.2 Å². The zero-order valence-electron chi connectivity index (χ0n) is 12.3. The van der Waals surface area contributed by atoms with E-state index in [2.05, 4.69) is 5.10 Å². The maximum Gasteiger partial charge on any atom is 0.229 e. The van der Waals surface area contributed by atoms with Crippen molar-refractivity contribution in [3.63, 3.8) is 0 Å². The number of halogens is 2. The summed E-state index contributed by atoms with van der Waals surface area (Å²) in [6, 6.07) is 4.73. The third-order valence-corrected chi connectivity index (χ3v) is 3.99. The molecule has 2 aromatic rings. The molecule has 0 amide bonds. The number of aromatic nitrogens is 2. The number of carbonyl (C=O) groups excluding carboxylic acids is 1. The van der Waals surface area contributed by atoms with Crippen LogP contribution in [0.2, 0.25) is 10.0 Å². The Morgan fingerprint density at radius 2 is 2.09 bits per heavy atom. The third-order valence-electron chi connectivity index (χ3n) is 3.07. The summed E-state index contributed by atoms with van der Waals surface area (Å²) in [6.07, 6.45) is 0.564. The van der Waals surface area contributed by atoms with Gasteiger partial charge in [-0.25, -0.2) is 4.68 Å². The van der Waals surface area contributed by atoms with Gasteiger partial charge >= 0.3 is 0 Å². The molecule has 0 unspecified atom stereocenters. The minimum Gasteiger partial charge on any atom is -0.431 e. The van der Waals surface area contributed by atoms with E-state index in [1.807, 2.05) is 6.92 Å². The summed E-state index contributed by atoms with van der Waals surface area (Å²) in [5, 5.41) is 5.37. The predicted octanol–water partition coefficient (Wildman–Crippen LogP) is 4.38. The van der Waals surface area contributed by atoms with Gasteiger partial charge in [0.15, 0.2) is 5.05 Å². The molecule has 0 fully saturated rings. The first-order chi connectivity index (χ1) is 10.3. The molecule has 1 heterocycles. The number of aryl methyl sites for hydroxylation is 2. The fourth-order valence-corrected chi connectivity index (χ4v) is 2.58. The molecule has 22 heavy (non-hydrogen) atoms. The van der Waals surface area contributed by atoms with Crippen molar-refractivity contribution in [3.8, 4) is 5.88 Å². The first-order valence-corrected chi connectivity index (χ1v) is 7.75. The Hall–Kier alpha value is -1.43. The lowest BCUT2D eigenvalue weighted by Gasteiger charge is -2.09. The van der Waals surface area contributed by atoms with Crippen LogP contribution in [-0.2, 0) is 7.05 Å². The van der Waals surface area contributed by atoms with Crippen molar-refractivity contribution in [2.45, 2.75) is 20.3 Å². The summed E-state index contributed by atoms with van der Waals surface area (Å²) >= 11 is 17.1. The van der Waals surface area contributed by atoms with Gasteiger partial charge in [0.05, 0.1) is 10.7 Å². The SMILES string of the molecule is CCC(=S)Oc1c(C(=O)c2ccc(Cl)cc2Cl)c(C)nn1C. The van der Waals surface area contributed by atoms with Gasteiger partial charge in [-0.2, -0.15) is 5.10 Å². The fraction of sp³-hybridized carbons (Fsp3) is 0.267. The molecule has 2 rings (SSSR count). The number of hydrogen-bond acceptors (Lipinski definition) is 4. The second kappa shape index (κ2) is 6.77. The second-order valence-corrected chi connectivity index (χ2v) is 5.97. The van der Waals surface area contributed by atoms with Crippen molar-refractivity contribution < 1.29 is 9.53 Å². The first kappa shape index (κ1) is 16.9.